The number of carbonyl (C=O) groups is 1. The van der Waals surface area contributed by atoms with E-state index in [2.05, 4.69) is 65.5 Å². The van der Waals surface area contributed by atoms with Crippen LogP contribution < -0.4 is 0 Å². The van der Waals surface area contributed by atoms with Crippen molar-refractivity contribution in [2.75, 3.05) is 7.05 Å². The van der Waals surface area contributed by atoms with Crippen LogP contribution in [-0.2, 0) is 24.9 Å². The van der Waals surface area contributed by atoms with Gasteiger partial charge in [-0.15, -0.1) is 10.2 Å². The van der Waals surface area contributed by atoms with Crippen molar-refractivity contribution in [3.8, 4) is 16.9 Å². The van der Waals surface area contributed by atoms with E-state index in [0.29, 0.717) is 0 Å². The number of hydrogen-bond donors (Lipinski definition) is 1. The molecule has 2 heterocycles. The summed E-state index contributed by atoms with van der Waals surface area (Å²) in [5.41, 5.74) is 5.59. The molecule has 0 amide bonds. The summed E-state index contributed by atoms with van der Waals surface area (Å²) in [6, 6.07) is 20.6. The minimum absolute atomic E-state index is 0.723. The van der Waals surface area contributed by atoms with Crippen LogP contribution in [0, 0.1) is 6.92 Å². The Balaban J connectivity index is 0.000000429. The molecule has 11 heteroatoms. The maximum atomic E-state index is 10.6. The van der Waals surface area contributed by atoms with E-state index in [0.717, 1.165) is 41.6 Å². The normalized spacial score (nSPS) is 11.3. The standard InChI is InChI=1S/C22H24N6.C2HF3O2/c1-17-20(14-26(2)15-21-24-23-16-27(21)3)22(18-10-6-4-7-11-18)25-28(17)19-12-8-5-9-13-19;3-2(4,5)1(6)7/h4-13,16H,14-15H2,1-3H3;(H,6,7). The molecule has 2 aromatic carbocycles. The van der Waals surface area contributed by atoms with Crippen molar-refractivity contribution >= 4 is 5.97 Å². The Labute approximate surface area is 200 Å². The van der Waals surface area contributed by atoms with Crippen LogP contribution in [0.4, 0.5) is 13.2 Å². The van der Waals surface area contributed by atoms with Crippen LogP contribution in [0.2, 0.25) is 0 Å². The fraction of sp³-hybridized carbons (Fsp3) is 0.250. The number of aryl methyl sites for hydroxylation is 1. The van der Waals surface area contributed by atoms with Gasteiger partial charge in [-0.2, -0.15) is 18.3 Å². The van der Waals surface area contributed by atoms with Gasteiger partial charge in [0, 0.05) is 30.4 Å². The first-order valence-corrected chi connectivity index (χ1v) is 10.6. The predicted molar refractivity (Wildman–Crippen MR) is 124 cm³/mol. The van der Waals surface area contributed by atoms with E-state index in [-0.39, 0.29) is 0 Å². The Bertz CT molecular complexity index is 1250. The zero-order valence-electron chi connectivity index (χ0n) is 19.4. The lowest BCUT2D eigenvalue weighted by molar-refractivity contribution is -0.192. The van der Waals surface area contributed by atoms with Crippen LogP contribution in [0.1, 0.15) is 17.1 Å². The largest absolute Gasteiger partial charge is 0.490 e. The first-order valence-electron chi connectivity index (χ1n) is 10.6. The molecule has 0 bridgehead atoms. The van der Waals surface area contributed by atoms with Crippen LogP contribution in [0.5, 0.6) is 0 Å². The van der Waals surface area contributed by atoms with Crippen molar-refractivity contribution in [1.82, 2.24) is 29.4 Å². The first kappa shape index (κ1) is 25.6. The summed E-state index contributed by atoms with van der Waals surface area (Å²) in [6.45, 7) is 3.63. The van der Waals surface area contributed by atoms with E-state index >= 15 is 0 Å². The van der Waals surface area contributed by atoms with Gasteiger partial charge in [0.1, 0.15) is 12.2 Å². The van der Waals surface area contributed by atoms with E-state index in [1.54, 1.807) is 6.33 Å². The number of alkyl halides is 3. The second-order valence-electron chi connectivity index (χ2n) is 7.86. The smallest absolute Gasteiger partial charge is 0.475 e. The molecule has 8 nitrogen and oxygen atoms in total. The summed E-state index contributed by atoms with van der Waals surface area (Å²) in [6.07, 6.45) is -3.35. The maximum Gasteiger partial charge on any atom is 0.490 e. The van der Waals surface area contributed by atoms with Crippen LogP contribution in [-0.4, -0.2) is 53.7 Å². The molecule has 0 aliphatic rings. The van der Waals surface area contributed by atoms with Crippen molar-refractivity contribution in [3.63, 3.8) is 0 Å². The van der Waals surface area contributed by atoms with Gasteiger partial charge < -0.3 is 9.67 Å². The first-order chi connectivity index (χ1) is 16.6. The summed E-state index contributed by atoms with van der Waals surface area (Å²) in [5.74, 6) is -1.82. The Hall–Kier alpha value is -3.99. The highest BCUT2D eigenvalue weighted by Crippen LogP contribution is 2.28. The topological polar surface area (TPSA) is 89.1 Å². The van der Waals surface area contributed by atoms with E-state index in [9.17, 15) is 13.2 Å². The van der Waals surface area contributed by atoms with Gasteiger partial charge in [0.15, 0.2) is 0 Å². The minimum atomic E-state index is -5.08. The van der Waals surface area contributed by atoms with E-state index in [4.69, 9.17) is 15.0 Å². The molecule has 0 saturated heterocycles. The second-order valence-corrected chi connectivity index (χ2v) is 7.86. The lowest BCUT2D eigenvalue weighted by Gasteiger charge is -2.17. The molecule has 35 heavy (non-hydrogen) atoms. The number of carboxylic acids is 1. The number of para-hydroxylation sites is 1. The molecule has 0 aliphatic carbocycles. The predicted octanol–water partition coefficient (Wildman–Crippen LogP) is 4.24. The van der Waals surface area contributed by atoms with E-state index < -0.39 is 12.1 Å². The Morgan fingerprint density at radius 2 is 1.60 bits per heavy atom. The summed E-state index contributed by atoms with van der Waals surface area (Å²) in [4.78, 5) is 11.1. The monoisotopic (exact) mass is 486 g/mol. The summed E-state index contributed by atoms with van der Waals surface area (Å²) < 4.78 is 35.7. The SMILES string of the molecule is Cc1c(CN(C)Cc2nncn2C)c(-c2ccccc2)nn1-c1ccccc1.O=C(O)C(F)(F)F. The van der Waals surface area contributed by atoms with Crippen LogP contribution in [0.3, 0.4) is 0 Å². The number of benzene rings is 2. The van der Waals surface area contributed by atoms with Crippen molar-refractivity contribution in [3.05, 3.63) is 84.1 Å². The minimum Gasteiger partial charge on any atom is -0.475 e. The third-order valence-electron chi connectivity index (χ3n) is 5.18. The summed E-state index contributed by atoms with van der Waals surface area (Å²) in [7, 11) is 4.07. The third-order valence-corrected chi connectivity index (χ3v) is 5.18. The summed E-state index contributed by atoms with van der Waals surface area (Å²) >= 11 is 0. The molecular weight excluding hydrogens is 461 g/mol. The molecule has 0 saturated carbocycles. The highest BCUT2D eigenvalue weighted by Gasteiger charge is 2.38. The quantitative estimate of drug-likeness (QED) is 0.439. The Morgan fingerprint density at radius 1 is 1.03 bits per heavy atom. The Morgan fingerprint density at radius 3 is 2.11 bits per heavy atom. The van der Waals surface area contributed by atoms with Gasteiger partial charge in [-0.25, -0.2) is 9.48 Å². The van der Waals surface area contributed by atoms with Crippen LogP contribution >= 0.6 is 0 Å². The maximum absolute atomic E-state index is 10.6. The van der Waals surface area contributed by atoms with E-state index in [1.807, 2.05) is 40.6 Å². The number of aromatic nitrogens is 5. The fourth-order valence-electron chi connectivity index (χ4n) is 3.39. The van der Waals surface area contributed by atoms with Crippen LogP contribution in [0.15, 0.2) is 67.0 Å². The van der Waals surface area contributed by atoms with E-state index in [1.165, 1.54) is 5.56 Å². The van der Waals surface area contributed by atoms with Crippen molar-refractivity contribution in [2.45, 2.75) is 26.2 Å². The van der Waals surface area contributed by atoms with Gasteiger partial charge in [0.05, 0.1) is 17.9 Å². The second kappa shape index (κ2) is 11.0. The number of halogens is 3. The van der Waals surface area contributed by atoms with Crippen molar-refractivity contribution in [2.24, 2.45) is 7.05 Å². The number of carboxylic acid groups (broad SMARTS) is 1. The molecule has 4 aromatic rings. The molecule has 0 atom stereocenters. The van der Waals surface area contributed by atoms with Crippen molar-refractivity contribution < 1.29 is 23.1 Å². The zero-order valence-corrected chi connectivity index (χ0v) is 19.4. The molecule has 1 N–H and O–H groups in total. The van der Waals surface area contributed by atoms with Gasteiger partial charge in [-0.1, -0.05) is 48.5 Å². The average Bonchev–Trinajstić information content (AvgIpc) is 3.37. The summed E-state index contributed by atoms with van der Waals surface area (Å²) in [5, 5.41) is 20.3. The molecule has 0 fully saturated rings. The van der Waals surface area contributed by atoms with Crippen LogP contribution in [0.25, 0.3) is 16.9 Å². The highest BCUT2D eigenvalue weighted by atomic mass is 19.4. The third kappa shape index (κ3) is 6.54. The van der Waals surface area contributed by atoms with Gasteiger partial charge >= 0.3 is 12.1 Å². The lowest BCUT2D eigenvalue weighted by Crippen LogP contribution is -2.21. The zero-order chi connectivity index (χ0) is 25.6. The highest BCUT2D eigenvalue weighted by molar-refractivity contribution is 5.73. The molecule has 0 spiro atoms. The fourth-order valence-corrected chi connectivity index (χ4v) is 3.39. The Kier molecular flexibility index (Phi) is 8.02. The number of aliphatic carboxylic acids is 1. The molecule has 184 valence electrons. The van der Waals surface area contributed by atoms with Gasteiger partial charge in [-0.05, 0) is 26.1 Å². The van der Waals surface area contributed by atoms with Gasteiger partial charge in [0.2, 0.25) is 0 Å². The molecule has 2 aromatic heterocycles. The van der Waals surface area contributed by atoms with Gasteiger partial charge in [0.25, 0.3) is 0 Å². The molecule has 0 aliphatic heterocycles. The number of hydrogen-bond acceptors (Lipinski definition) is 5. The molecular formula is C24H25F3N6O2. The molecule has 0 unspecified atom stereocenters. The lowest BCUT2D eigenvalue weighted by atomic mass is 10.1. The molecule has 4 rings (SSSR count). The molecule has 0 radical (unpaired) electrons. The number of rotatable bonds is 6. The van der Waals surface area contributed by atoms with Gasteiger partial charge in [-0.3, -0.25) is 4.90 Å². The van der Waals surface area contributed by atoms with Crippen molar-refractivity contribution in [1.29, 1.82) is 0 Å². The average molecular weight is 486 g/mol. The number of nitrogens with zero attached hydrogens (tertiary/aromatic N) is 6.